The molecule has 0 saturated carbocycles. The summed E-state index contributed by atoms with van der Waals surface area (Å²) in [7, 11) is 0. The standard InChI is InChI=1S/C13H16F4N4O2/c14-6-8-7-20(3-4-23-8)10-5-11(22)21-2-1-9(13(15,16)17)18-12(21)19-10/h5,8-9H,1-4,6-7H2,(H,18,19). The molecule has 1 fully saturated rings. The van der Waals surface area contributed by atoms with Crippen LogP contribution >= 0.6 is 0 Å². The Balaban J connectivity index is 1.87. The highest BCUT2D eigenvalue weighted by molar-refractivity contribution is 5.45. The van der Waals surface area contributed by atoms with Crippen molar-refractivity contribution in [3.8, 4) is 0 Å². The van der Waals surface area contributed by atoms with Gasteiger partial charge in [0, 0.05) is 25.7 Å². The fourth-order valence-electron chi connectivity index (χ4n) is 2.73. The maximum Gasteiger partial charge on any atom is 0.408 e. The molecule has 0 aliphatic carbocycles. The zero-order valence-corrected chi connectivity index (χ0v) is 12.1. The number of hydrogen-bond donors (Lipinski definition) is 1. The minimum atomic E-state index is -4.41. The fraction of sp³-hybridized carbons (Fsp3) is 0.692. The van der Waals surface area contributed by atoms with Crippen LogP contribution in [-0.4, -0.2) is 54.2 Å². The van der Waals surface area contributed by atoms with Crippen LogP contribution in [-0.2, 0) is 11.3 Å². The number of fused-ring (bicyclic) bond motifs is 1. The van der Waals surface area contributed by atoms with Gasteiger partial charge in [0.1, 0.15) is 24.6 Å². The summed E-state index contributed by atoms with van der Waals surface area (Å²) in [6, 6.07) is -0.465. The van der Waals surface area contributed by atoms with Crippen molar-refractivity contribution < 1.29 is 22.3 Å². The van der Waals surface area contributed by atoms with Crippen LogP contribution < -0.4 is 15.8 Å². The molecule has 0 bridgehead atoms. The molecule has 0 aromatic carbocycles. The second kappa shape index (κ2) is 5.99. The topological polar surface area (TPSA) is 59.4 Å². The van der Waals surface area contributed by atoms with Crippen LogP contribution in [0.5, 0.6) is 0 Å². The van der Waals surface area contributed by atoms with Crippen molar-refractivity contribution in [2.24, 2.45) is 0 Å². The number of nitrogens with zero attached hydrogens (tertiary/aromatic N) is 3. The molecule has 23 heavy (non-hydrogen) atoms. The highest BCUT2D eigenvalue weighted by Crippen LogP contribution is 2.29. The molecule has 2 aliphatic rings. The predicted molar refractivity (Wildman–Crippen MR) is 74.5 cm³/mol. The Morgan fingerprint density at radius 2 is 2.17 bits per heavy atom. The third-order valence-electron chi connectivity index (χ3n) is 3.97. The summed E-state index contributed by atoms with van der Waals surface area (Å²) >= 11 is 0. The first-order valence-electron chi connectivity index (χ1n) is 7.26. The first kappa shape index (κ1) is 16.0. The van der Waals surface area contributed by atoms with Crippen molar-refractivity contribution in [1.82, 2.24) is 9.55 Å². The first-order chi connectivity index (χ1) is 10.9. The van der Waals surface area contributed by atoms with Gasteiger partial charge in [-0.3, -0.25) is 9.36 Å². The molecule has 1 N–H and O–H groups in total. The van der Waals surface area contributed by atoms with E-state index in [-0.39, 0.29) is 37.9 Å². The van der Waals surface area contributed by atoms with E-state index in [9.17, 15) is 22.4 Å². The van der Waals surface area contributed by atoms with Crippen molar-refractivity contribution in [2.75, 3.05) is 36.6 Å². The van der Waals surface area contributed by atoms with Gasteiger partial charge in [-0.05, 0) is 6.42 Å². The summed E-state index contributed by atoms with van der Waals surface area (Å²) in [5, 5.41) is 2.28. The van der Waals surface area contributed by atoms with E-state index in [0.29, 0.717) is 6.54 Å². The summed E-state index contributed by atoms with van der Waals surface area (Å²) in [5.41, 5.74) is -0.429. The quantitative estimate of drug-likeness (QED) is 0.822. The van der Waals surface area contributed by atoms with E-state index >= 15 is 0 Å². The Labute approximate surface area is 129 Å². The lowest BCUT2D eigenvalue weighted by Crippen LogP contribution is -2.46. The Morgan fingerprint density at radius 1 is 1.39 bits per heavy atom. The van der Waals surface area contributed by atoms with Gasteiger partial charge in [-0.25, -0.2) is 4.39 Å². The van der Waals surface area contributed by atoms with Crippen LogP contribution in [0.4, 0.5) is 29.3 Å². The average molecular weight is 336 g/mol. The SMILES string of the molecule is O=c1cc(N2CCOC(CF)C2)nc2n1CCC(C(F)(F)F)N2. The van der Waals surface area contributed by atoms with Crippen LogP contribution in [0, 0.1) is 0 Å². The fourth-order valence-corrected chi connectivity index (χ4v) is 2.73. The van der Waals surface area contributed by atoms with E-state index < -0.39 is 30.6 Å². The van der Waals surface area contributed by atoms with Crippen molar-refractivity contribution in [3.05, 3.63) is 16.4 Å². The van der Waals surface area contributed by atoms with Gasteiger partial charge in [0.15, 0.2) is 0 Å². The number of ether oxygens (including phenoxy) is 1. The molecule has 3 rings (SSSR count). The molecule has 2 aliphatic heterocycles. The van der Waals surface area contributed by atoms with Gasteiger partial charge in [-0.2, -0.15) is 18.2 Å². The van der Waals surface area contributed by atoms with Gasteiger partial charge in [0.05, 0.1) is 6.61 Å². The van der Waals surface area contributed by atoms with Crippen LogP contribution in [0.15, 0.2) is 10.9 Å². The van der Waals surface area contributed by atoms with Gasteiger partial charge in [0.2, 0.25) is 5.95 Å². The Morgan fingerprint density at radius 3 is 2.87 bits per heavy atom. The second-order valence-corrected chi connectivity index (χ2v) is 5.55. The zero-order chi connectivity index (χ0) is 16.6. The molecular weight excluding hydrogens is 320 g/mol. The van der Waals surface area contributed by atoms with E-state index in [1.54, 1.807) is 4.90 Å². The second-order valence-electron chi connectivity index (χ2n) is 5.55. The molecule has 2 unspecified atom stereocenters. The summed E-state index contributed by atoms with van der Waals surface area (Å²) < 4.78 is 57.6. The van der Waals surface area contributed by atoms with Gasteiger partial charge in [0.25, 0.3) is 5.56 Å². The van der Waals surface area contributed by atoms with Crippen LogP contribution in [0.25, 0.3) is 0 Å². The average Bonchev–Trinajstić information content (AvgIpc) is 2.53. The predicted octanol–water partition coefficient (Wildman–Crippen LogP) is 1.16. The molecule has 0 amide bonds. The number of nitrogens with one attached hydrogen (secondary N) is 1. The van der Waals surface area contributed by atoms with Gasteiger partial charge < -0.3 is 15.0 Å². The monoisotopic (exact) mass is 336 g/mol. The molecule has 2 atom stereocenters. The summed E-state index contributed by atoms with van der Waals surface area (Å²) in [6.07, 6.45) is -5.25. The highest BCUT2D eigenvalue weighted by Gasteiger charge is 2.42. The number of morpholine rings is 1. The Hall–Kier alpha value is -1.84. The molecular formula is C13H16F4N4O2. The van der Waals surface area contributed by atoms with Crippen molar-refractivity contribution in [2.45, 2.75) is 31.3 Å². The molecule has 128 valence electrons. The van der Waals surface area contributed by atoms with Gasteiger partial charge in [-0.1, -0.05) is 0 Å². The minimum Gasteiger partial charge on any atom is -0.372 e. The number of hydrogen-bond acceptors (Lipinski definition) is 5. The summed E-state index contributed by atoms with van der Waals surface area (Å²) in [5.74, 6) is 0.127. The van der Waals surface area contributed by atoms with E-state index in [4.69, 9.17) is 4.74 Å². The van der Waals surface area contributed by atoms with Crippen LogP contribution in [0.1, 0.15) is 6.42 Å². The molecule has 1 aromatic rings. The van der Waals surface area contributed by atoms with E-state index in [2.05, 4.69) is 10.3 Å². The molecule has 1 saturated heterocycles. The first-order valence-corrected chi connectivity index (χ1v) is 7.26. The number of alkyl halides is 4. The van der Waals surface area contributed by atoms with E-state index in [1.165, 1.54) is 10.6 Å². The Bertz CT molecular complexity index is 633. The van der Waals surface area contributed by atoms with E-state index in [1.807, 2.05) is 0 Å². The van der Waals surface area contributed by atoms with Gasteiger partial charge in [-0.15, -0.1) is 0 Å². The number of anilines is 2. The third kappa shape index (κ3) is 3.26. The molecule has 6 nitrogen and oxygen atoms in total. The normalized spacial score (nSPS) is 25.0. The Kier molecular flexibility index (Phi) is 4.17. The number of aromatic nitrogens is 2. The molecule has 0 radical (unpaired) electrons. The van der Waals surface area contributed by atoms with Gasteiger partial charge >= 0.3 is 6.18 Å². The lowest BCUT2D eigenvalue weighted by Gasteiger charge is -2.34. The maximum absolute atomic E-state index is 12.8. The highest BCUT2D eigenvalue weighted by atomic mass is 19.4. The van der Waals surface area contributed by atoms with Crippen molar-refractivity contribution in [1.29, 1.82) is 0 Å². The lowest BCUT2D eigenvalue weighted by atomic mass is 10.1. The number of rotatable bonds is 2. The lowest BCUT2D eigenvalue weighted by molar-refractivity contribution is -0.145. The summed E-state index contributed by atoms with van der Waals surface area (Å²) in [4.78, 5) is 17.9. The van der Waals surface area contributed by atoms with Crippen molar-refractivity contribution >= 4 is 11.8 Å². The number of halogens is 4. The largest absolute Gasteiger partial charge is 0.408 e. The summed E-state index contributed by atoms with van der Waals surface area (Å²) in [6.45, 7) is 0.154. The molecule has 3 heterocycles. The maximum atomic E-state index is 12.8. The molecule has 0 spiro atoms. The zero-order valence-electron chi connectivity index (χ0n) is 12.1. The smallest absolute Gasteiger partial charge is 0.372 e. The van der Waals surface area contributed by atoms with Crippen LogP contribution in [0.3, 0.4) is 0 Å². The van der Waals surface area contributed by atoms with Crippen LogP contribution in [0.2, 0.25) is 0 Å². The van der Waals surface area contributed by atoms with E-state index in [0.717, 1.165) is 0 Å². The third-order valence-corrected chi connectivity index (χ3v) is 3.97. The molecule has 10 heteroatoms. The molecule has 1 aromatic heterocycles. The minimum absolute atomic E-state index is 0.0468. The van der Waals surface area contributed by atoms with Crippen molar-refractivity contribution in [3.63, 3.8) is 0 Å².